The van der Waals surface area contributed by atoms with Crippen molar-refractivity contribution in [1.29, 1.82) is 0 Å². The van der Waals surface area contributed by atoms with E-state index >= 15 is 0 Å². The molecule has 0 spiro atoms. The van der Waals surface area contributed by atoms with Gasteiger partial charge < -0.3 is 9.47 Å². The molecule has 4 rings (SSSR count). The molecular formula is C21H21N3O3. The molecule has 3 aromatic rings. The Hall–Kier alpha value is -2.99. The zero-order chi connectivity index (χ0) is 18.6. The van der Waals surface area contributed by atoms with E-state index in [1.165, 1.54) is 6.07 Å². The van der Waals surface area contributed by atoms with Crippen molar-refractivity contribution in [2.75, 3.05) is 6.61 Å². The first-order valence-corrected chi connectivity index (χ1v) is 8.98. The number of benzene rings is 1. The van der Waals surface area contributed by atoms with Crippen LogP contribution < -0.4 is 10.3 Å². The van der Waals surface area contributed by atoms with E-state index in [1.807, 2.05) is 43.3 Å². The third kappa shape index (κ3) is 4.06. The van der Waals surface area contributed by atoms with Gasteiger partial charge in [0.15, 0.2) is 0 Å². The van der Waals surface area contributed by atoms with Crippen LogP contribution in [0.3, 0.4) is 0 Å². The van der Waals surface area contributed by atoms with Gasteiger partial charge in [0.1, 0.15) is 19.0 Å². The fraction of sp³-hybridized carbons (Fsp3) is 0.286. The molecule has 2 aromatic heterocycles. The number of rotatable bonds is 5. The molecule has 0 amide bonds. The first-order chi connectivity index (χ1) is 13.2. The minimum Gasteiger partial charge on any atom is -0.471 e. The van der Waals surface area contributed by atoms with E-state index in [2.05, 4.69) is 22.1 Å². The van der Waals surface area contributed by atoms with Crippen molar-refractivity contribution in [3.8, 4) is 5.88 Å². The van der Waals surface area contributed by atoms with Gasteiger partial charge in [0.05, 0.1) is 24.4 Å². The zero-order valence-electron chi connectivity index (χ0n) is 15.2. The van der Waals surface area contributed by atoms with Gasteiger partial charge in [-0.3, -0.25) is 14.3 Å². The smallest absolute Gasteiger partial charge is 0.257 e. The Morgan fingerprint density at radius 1 is 1.15 bits per heavy atom. The Morgan fingerprint density at radius 3 is 2.81 bits per heavy atom. The molecule has 6 heteroatoms. The van der Waals surface area contributed by atoms with Gasteiger partial charge in [0.25, 0.3) is 5.56 Å². The minimum absolute atomic E-state index is 0.0661. The molecule has 0 radical (unpaired) electrons. The van der Waals surface area contributed by atoms with Crippen molar-refractivity contribution < 1.29 is 9.47 Å². The molecule has 1 atom stereocenters. The normalized spacial score (nSPS) is 16.0. The molecule has 138 valence electrons. The summed E-state index contributed by atoms with van der Waals surface area (Å²) in [5, 5.41) is 0. The van der Waals surface area contributed by atoms with Crippen LogP contribution in [-0.2, 0) is 24.4 Å². The standard InChI is InChI=1S/C21H21N3O3/c1-15-6-5-9-17(22-15)12-27-20-11-21(25)24-18(13-26-14-19(24)23-20)10-16-7-3-2-4-8-16/h2-9,11,18H,10,12-14H2,1H3/t18-/m1/s1. The van der Waals surface area contributed by atoms with E-state index in [4.69, 9.17) is 9.47 Å². The van der Waals surface area contributed by atoms with Crippen LogP contribution in [0.1, 0.15) is 28.8 Å². The summed E-state index contributed by atoms with van der Waals surface area (Å²) in [5.74, 6) is 0.903. The fourth-order valence-electron chi connectivity index (χ4n) is 3.31. The molecule has 0 N–H and O–H groups in total. The molecule has 0 aliphatic carbocycles. The van der Waals surface area contributed by atoms with Gasteiger partial charge in [-0.05, 0) is 31.0 Å². The van der Waals surface area contributed by atoms with Gasteiger partial charge >= 0.3 is 0 Å². The highest BCUT2D eigenvalue weighted by atomic mass is 16.5. The Kier molecular flexibility index (Phi) is 4.98. The number of ether oxygens (including phenoxy) is 2. The van der Waals surface area contributed by atoms with Crippen molar-refractivity contribution >= 4 is 0 Å². The fourth-order valence-corrected chi connectivity index (χ4v) is 3.31. The topological polar surface area (TPSA) is 66.2 Å². The molecular weight excluding hydrogens is 342 g/mol. The second-order valence-corrected chi connectivity index (χ2v) is 6.64. The molecule has 0 unspecified atom stereocenters. The lowest BCUT2D eigenvalue weighted by Crippen LogP contribution is -2.36. The predicted molar refractivity (Wildman–Crippen MR) is 101 cm³/mol. The van der Waals surface area contributed by atoms with Crippen molar-refractivity contribution in [3.05, 3.63) is 87.7 Å². The number of fused-ring (bicyclic) bond motifs is 1. The minimum atomic E-state index is -0.114. The number of hydrogen-bond acceptors (Lipinski definition) is 5. The predicted octanol–water partition coefficient (Wildman–Crippen LogP) is 2.84. The first kappa shape index (κ1) is 17.4. The van der Waals surface area contributed by atoms with Crippen LogP contribution in [0.5, 0.6) is 5.88 Å². The van der Waals surface area contributed by atoms with E-state index in [0.717, 1.165) is 23.4 Å². The highest BCUT2D eigenvalue weighted by Gasteiger charge is 2.23. The molecule has 0 bridgehead atoms. The van der Waals surface area contributed by atoms with Crippen LogP contribution in [0.25, 0.3) is 0 Å². The number of aromatic nitrogens is 3. The summed E-state index contributed by atoms with van der Waals surface area (Å²) in [6.07, 6.45) is 0.725. The summed E-state index contributed by atoms with van der Waals surface area (Å²) in [5.41, 5.74) is 2.77. The number of pyridine rings is 1. The third-order valence-electron chi connectivity index (χ3n) is 4.54. The van der Waals surface area contributed by atoms with E-state index in [-0.39, 0.29) is 18.2 Å². The molecule has 1 aliphatic heterocycles. The number of hydrogen-bond donors (Lipinski definition) is 0. The average Bonchev–Trinajstić information content (AvgIpc) is 2.67. The largest absolute Gasteiger partial charge is 0.471 e. The summed E-state index contributed by atoms with van der Waals surface area (Å²) in [4.78, 5) is 21.6. The number of nitrogens with zero attached hydrogens (tertiary/aromatic N) is 3. The Labute approximate surface area is 157 Å². The lowest BCUT2D eigenvalue weighted by atomic mass is 10.1. The number of aryl methyl sites for hydroxylation is 1. The van der Waals surface area contributed by atoms with Gasteiger partial charge in [0.2, 0.25) is 5.88 Å². The second kappa shape index (κ2) is 7.72. The quantitative estimate of drug-likeness (QED) is 0.697. The summed E-state index contributed by atoms with van der Waals surface area (Å²) in [6.45, 7) is 3.00. The van der Waals surface area contributed by atoms with E-state index in [0.29, 0.717) is 24.9 Å². The maximum atomic E-state index is 12.7. The van der Waals surface area contributed by atoms with E-state index < -0.39 is 0 Å². The molecule has 6 nitrogen and oxygen atoms in total. The SMILES string of the molecule is Cc1cccc(COc2cc(=O)n3c(n2)COC[C@H]3Cc2ccccc2)n1. The molecule has 27 heavy (non-hydrogen) atoms. The maximum absolute atomic E-state index is 12.7. The molecule has 3 heterocycles. The van der Waals surface area contributed by atoms with Crippen LogP contribution in [0.15, 0.2) is 59.4 Å². The highest BCUT2D eigenvalue weighted by molar-refractivity contribution is 5.18. The van der Waals surface area contributed by atoms with Crippen molar-refractivity contribution in [1.82, 2.24) is 14.5 Å². The maximum Gasteiger partial charge on any atom is 0.257 e. The van der Waals surface area contributed by atoms with Crippen molar-refractivity contribution in [3.63, 3.8) is 0 Å². The van der Waals surface area contributed by atoms with Crippen LogP contribution in [0.2, 0.25) is 0 Å². The molecule has 1 aliphatic rings. The van der Waals surface area contributed by atoms with Crippen LogP contribution in [0.4, 0.5) is 0 Å². The van der Waals surface area contributed by atoms with E-state index in [9.17, 15) is 4.79 Å². The van der Waals surface area contributed by atoms with Crippen LogP contribution in [0, 0.1) is 6.92 Å². The Balaban J connectivity index is 1.54. The van der Waals surface area contributed by atoms with Gasteiger partial charge in [-0.15, -0.1) is 0 Å². The van der Waals surface area contributed by atoms with Gasteiger partial charge in [-0.25, -0.2) is 0 Å². The third-order valence-corrected chi connectivity index (χ3v) is 4.54. The van der Waals surface area contributed by atoms with Gasteiger partial charge in [-0.2, -0.15) is 4.98 Å². The summed E-state index contributed by atoms with van der Waals surface area (Å²) >= 11 is 0. The summed E-state index contributed by atoms with van der Waals surface area (Å²) in [6, 6.07) is 17.2. The van der Waals surface area contributed by atoms with Crippen LogP contribution in [-0.4, -0.2) is 21.1 Å². The van der Waals surface area contributed by atoms with E-state index in [1.54, 1.807) is 4.57 Å². The molecule has 0 fully saturated rings. The molecule has 0 saturated carbocycles. The lowest BCUT2D eigenvalue weighted by molar-refractivity contribution is 0.0498. The zero-order valence-corrected chi connectivity index (χ0v) is 15.2. The first-order valence-electron chi connectivity index (χ1n) is 8.98. The lowest BCUT2D eigenvalue weighted by Gasteiger charge is -2.27. The van der Waals surface area contributed by atoms with Crippen LogP contribution >= 0.6 is 0 Å². The molecule has 0 saturated heterocycles. The monoisotopic (exact) mass is 363 g/mol. The average molecular weight is 363 g/mol. The highest BCUT2D eigenvalue weighted by Crippen LogP contribution is 2.21. The Morgan fingerprint density at radius 2 is 2.00 bits per heavy atom. The summed E-state index contributed by atoms with van der Waals surface area (Å²) < 4.78 is 13.1. The second-order valence-electron chi connectivity index (χ2n) is 6.64. The molecule has 1 aromatic carbocycles. The van der Waals surface area contributed by atoms with Crippen molar-refractivity contribution in [2.45, 2.75) is 32.6 Å². The van der Waals surface area contributed by atoms with Crippen molar-refractivity contribution in [2.24, 2.45) is 0 Å². The van der Waals surface area contributed by atoms with Gasteiger partial charge in [0, 0.05) is 5.69 Å². The Bertz CT molecular complexity index is 985. The summed E-state index contributed by atoms with van der Waals surface area (Å²) in [7, 11) is 0. The van der Waals surface area contributed by atoms with Gasteiger partial charge in [-0.1, -0.05) is 36.4 Å².